The van der Waals surface area contributed by atoms with Crippen LogP contribution in [0.1, 0.15) is 20.8 Å². The summed E-state index contributed by atoms with van der Waals surface area (Å²) in [6.45, 7) is 10.2. The third-order valence-corrected chi connectivity index (χ3v) is 1.47. The fourth-order valence-electron chi connectivity index (χ4n) is 0.896. The van der Waals surface area contributed by atoms with Crippen LogP contribution in [0.15, 0.2) is 24.6 Å². The van der Waals surface area contributed by atoms with Gasteiger partial charge in [0.1, 0.15) is 7.85 Å². The largest absolute Gasteiger partial charge is 0.365 e. The lowest BCUT2D eigenvalue weighted by molar-refractivity contribution is 0.478. The molecule has 0 saturated heterocycles. The maximum absolute atomic E-state index is 3.64. The van der Waals surface area contributed by atoms with Crippen LogP contribution in [0.4, 0.5) is 0 Å². The molecule has 0 saturated carbocycles. The Morgan fingerprint density at radius 3 is 2.36 bits per heavy atom. The predicted octanol–water partition coefficient (Wildman–Crippen LogP) is 1.70. The molecule has 0 unspecified atom stereocenters. The summed E-state index contributed by atoms with van der Waals surface area (Å²) in [6, 6.07) is 0. The topological polar surface area (TPSA) is 12.0 Å². The van der Waals surface area contributed by atoms with Gasteiger partial charge in [0, 0.05) is 11.1 Å². The maximum atomic E-state index is 3.64. The molecule has 2 heteroatoms. The van der Waals surface area contributed by atoms with Crippen molar-refractivity contribution in [3.8, 4) is 0 Å². The molecule has 0 amide bonds. The SMILES string of the molecule is BC/C=C(\NC=C)C(C)(C)C. The lowest BCUT2D eigenvalue weighted by Gasteiger charge is -2.22. The molecule has 0 rings (SSSR count). The molecular formula is C9H18BN. The van der Waals surface area contributed by atoms with Crippen LogP contribution < -0.4 is 5.32 Å². The Morgan fingerprint density at radius 1 is 1.55 bits per heavy atom. The van der Waals surface area contributed by atoms with Crippen LogP contribution in [-0.4, -0.2) is 7.85 Å². The van der Waals surface area contributed by atoms with E-state index >= 15 is 0 Å². The van der Waals surface area contributed by atoms with Gasteiger partial charge in [0.15, 0.2) is 0 Å². The highest BCUT2D eigenvalue weighted by atomic mass is 14.9. The second-order valence-corrected chi connectivity index (χ2v) is 3.62. The van der Waals surface area contributed by atoms with Crippen LogP contribution in [0, 0.1) is 5.41 Å². The normalized spacial score (nSPS) is 12.8. The van der Waals surface area contributed by atoms with Gasteiger partial charge in [-0.25, -0.2) is 0 Å². The van der Waals surface area contributed by atoms with Crippen molar-refractivity contribution in [2.24, 2.45) is 5.41 Å². The van der Waals surface area contributed by atoms with Crippen molar-refractivity contribution in [3.63, 3.8) is 0 Å². The minimum absolute atomic E-state index is 0.199. The van der Waals surface area contributed by atoms with E-state index in [1.54, 1.807) is 6.20 Å². The zero-order chi connectivity index (χ0) is 8.91. The lowest BCUT2D eigenvalue weighted by Crippen LogP contribution is -2.19. The predicted molar refractivity (Wildman–Crippen MR) is 54.2 cm³/mol. The molecule has 0 aromatic heterocycles. The molecule has 0 heterocycles. The second-order valence-electron chi connectivity index (χ2n) is 3.62. The molecule has 1 N–H and O–H groups in total. The van der Waals surface area contributed by atoms with Crippen LogP contribution in [0.3, 0.4) is 0 Å². The van der Waals surface area contributed by atoms with E-state index in [0.29, 0.717) is 0 Å². The Labute approximate surface area is 71.0 Å². The molecule has 0 aromatic rings. The molecule has 1 nitrogen and oxygen atoms in total. The van der Waals surface area contributed by atoms with Gasteiger partial charge < -0.3 is 5.32 Å². The molecule has 11 heavy (non-hydrogen) atoms. The highest BCUT2D eigenvalue weighted by Gasteiger charge is 2.14. The van der Waals surface area contributed by atoms with Gasteiger partial charge in [-0.15, -0.1) is 0 Å². The summed E-state index contributed by atoms with van der Waals surface area (Å²) in [6.07, 6.45) is 4.99. The summed E-state index contributed by atoms with van der Waals surface area (Å²) in [5.41, 5.74) is 1.44. The summed E-state index contributed by atoms with van der Waals surface area (Å²) in [4.78, 5) is 0. The molecule has 0 spiro atoms. The number of allylic oxidation sites excluding steroid dienone is 2. The van der Waals surface area contributed by atoms with E-state index in [0.717, 1.165) is 6.32 Å². The Hall–Kier alpha value is -0.655. The summed E-state index contributed by atoms with van der Waals surface area (Å²) < 4.78 is 0. The number of rotatable bonds is 3. The van der Waals surface area contributed by atoms with Gasteiger partial charge >= 0.3 is 0 Å². The van der Waals surface area contributed by atoms with E-state index in [4.69, 9.17) is 0 Å². The average molecular weight is 151 g/mol. The molecular weight excluding hydrogens is 133 g/mol. The summed E-state index contributed by atoms with van der Waals surface area (Å²) >= 11 is 0. The van der Waals surface area contributed by atoms with Gasteiger partial charge in [0.25, 0.3) is 0 Å². The van der Waals surface area contributed by atoms with E-state index in [1.165, 1.54) is 5.70 Å². The Balaban J connectivity index is 4.34. The van der Waals surface area contributed by atoms with E-state index < -0.39 is 0 Å². The summed E-state index contributed by atoms with van der Waals surface area (Å²) in [5, 5.41) is 3.15. The zero-order valence-electron chi connectivity index (χ0n) is 8.07. The quantitative estimate of drug-likeness (QED) is 0.605. The van der Waals surface area contributed by atoms with E-state index in [1.807, 2.05) is 0 Å². The first-order chi connectivity index (χ1) is 5.02. The maximum Gasteiger partial charge on any atom is 0.106 e. The molecule has 0 bridgehead atoms. The van der Waals surface area contributed by atoms with Crippen molar-refractivity contribution in [1.29, 1.82) is 0 Å². The lowest BCUT2D eigenvalue weighted by atomic mass is 9.89. The van der Waals surface area contributed by atoms with Crippen molar-refractivity contribution in [1.82, 2.24) is 5.32 Å². The highest BCUT2D eigenvalue weighted by molar-refractivity contribution is 6.09. The summed E-state index contributed by atoms with van der Waals surface area (Å²) in [7, 11) is 2.14. The van der Waals surface area contributed by atoms with Crippen LogP contribution in [0.5, 0.6) is 0 Å². The van der Waals surface area contributed by atoms with Crippen LogP contribution >= 0.6 is 0 Å². The van der Waals surface area contributed by atoms with Crippen molar-refractivity contribution in [3.05, 3.63) is 24.6 Å². The number of hydrogen-bond acceptors (Lipinski definition) is 1. The van der Waals surface area contributed by atoms with Crippen molar-refractivity contribution in [2.75, 3.05) is 0 Å². The summed E-state index contributed by atoms with van der Waals surface area (Å²) in [5.74, 6) is 0. The molecule has 0 fully saturated rings. The third-order valence-electron chi connectivity index (χ3n) is 1.47. The first kappa shape index (κ1) is 10.3. The number of hydrogen-bond donors (Lipinski definition) is 1. The minimum Gasteiger partial charge on any atom is -0.365 e. The second kappa shape index (κ2) is 4.27. The Kier molecular flexibility index (Phi) is 4.02. The van der Waals surface area contributed by atoms with Gasteiger partial charge in [0.2, 0.25) is 0 Å². The average Bonchev–Trinajstić information content (AvgIpc) is 1.85. The fourth-order valence-corrected chi connectivity index (χ4v) is 0.896. The smallest absolute Gasteiger partial charge is 0.106 e. The fraction of sp³-hybridized carbons (Fsp3) is 0.556. The van der Waals surface area contributed by atoms with Crippen molar-refractivity contribution >= 4 is 7.85 Å². The highest BCUT2D eigenvalue weighted by Crippen LogP contribution is 2.22. The first-order valence-corrected chi connectivity index (χ1v) is 4.10. The molecule has 0 aliphatic heterocycles. The van der Waals surface area contributed by atoms with Gasteiger partial charge in [0.05, 0.1) is 0 Å². The standard InChI is InChI=1S/C9H18BN/c1-5-11-8(6-7-10)9(2,3)4/h5-6,11H,1,7,10H2,2-4H3/b8-6-. The van der Waals surface area contributed by atoms with E-state index in [-0.39, 0.29) is 5.41 Å². The van der Waals surface area contributed by atoms with Crippen LogP contribution in [-0.2, 0) is 0 Å². The minimum atomic E-state index is 0.199. The van der Waals surface area contributed by atoms with Gasteiger partial charge in [-0.05, 0) is 6.20 Å². The van der Waals surface area contributed by atoms with Crippen molar-refractivity contribution in [2.45, 2.75) is 27.1 Å². The Bertz CT molecular complexity index is 153. The van der Waals surface area contributed by atoms with E-state index in [9.17, 15) is 0 Å². The zero-order valence-corrected chi connectivity index (χ0v) is 8.07. The molecule has 0 aromatic carbocycles. The van der Waals surface area contributed by atoms with Crippen LogP contribution in [0.25, 0.3) is 0 Å². The molecule has 0 aliphatic carbocycles. The van der Waals surface area contributed by atoms with Gasteiger partial charge in [-0.1, -0.05) is 39.7 Å². The molecule has 0 radical (unpaired) electrons. The molecule has 0 aliphatic rings. The van der Waals surface area contributed by atoms with E-state index in [2.05, 4.69) is 46.6 Å². The van der Waals surface area contributed by atoms with Crippen LogP contribution in [0.2, 0.25) is 6.32 Å². The number of nitrogens with one attached hydrogen (secondary N) is 1. The van der Waals surface area contributed by atoms with Gasteiger partial charge in [-0.3, -0.25) is 0 Å². The third kappa shape index (κ3) is 3.92. The Morgan fingerprint density at radius 2 is 2.09 bits per heavy atom. The molecule has 0 atom stereocenters. The van der Waals surface area contributed by atoms with Crippen molar-refractivity contribution < 1.29 is 0 Å². The first-order valence-electron chi connectivity index (χ1n) is 4.10. The molecule has 62 valence electrons. The van der Waals surface area contributed by atoms with Gasteiger partial charge in [-0.2, -0.15) is 0 Å². The monoisotopic (exact) mass is 151 g/mol.